The fourth-order valence-electron chi connectivity index (χ4n) is 3.52. The quantitative estimate of drug-likeness (QED) is 0.744. The van der Waals surface area contributed by atoms with E-state index in [1.165, 1.54) is 12.1 Å². The Morgan fingerprint density at radius 3 is 2.45 bits per heavy atom. The molecule has 1 aliphatic heterocycles. The van der Waals surface area contributed by atoms with Crippen LogP contribution >= 0.6 is 11.6 Å². The number of benzene rings is 2. The largest absolute Gasteiger partial charge is 0.452 e. The first kappa shape index (κ1) is 20.9. The molecule has 2 aromatic rings. The number of aryl methyl sites for hydroxylation is 3. The van der Waals surface area contributed by atoms with Crippen LogP contribution in [0.2, 0.25) is 5.02 Å². The van der Waals surface area contributed by atoms with Crippen LogP contribution in [0.3, 0.4) is 0 Å². The second-order valence-electron chi connectivity index (χ2n) is 7.21. The van der Waals surface area contributed by atoms with Crippen molar-refractivity contribution in [2.24, 2.45) is 0 Å². The highest BCUT2D eigenvalue weighted by Gasteiger charge is 2.25. The van der Waals surface area contributed by atoms with Gasteiger partial charge in [-0.15, -0.1) is 0 Å². The number of esters is 1. The van der Waals surface area contributed by atoms with Crippen LogP contribution in [0.1, 0.15) is 39.9 Å². The van der Waals surface area contributed by atoms with E-state index in [2.05, 4.69) is 5.32 Å². The van der Waals surface area contributed by atoms with Crippen molar-refractivity contribution in [3.8, 4) is 0 Å². The molecule has 1 fully saturated rings. The SMILES string of the molecule is Cc1cc(C)c(NC(=O)COC(=O)c2ccc(Cl)c(N3CCCC3=O)c2)c(C)c1. The number of hydrogen-bond donors (Lipinski definition) is 1. The van der Waals surface area contributed by atoms with E-state index < -0.39 is 18.5 Å². The third kappa shape index (κ3) is 4.77. The Kier molecular flexibility index (Phi) is 6.23. The third-order valence-electron chi connectivity index (χ3n) is 4.82. The van der Waals surface area contributed by atoms with Gasteiger partial charge in [0.1, 0.15) is 0 Å². The first-order valence-electron chi connectivity index (χ1n) is 9.41. The number of carbonyl (C=O) groups excluding carboxylic acids is 3. The normalized spacial score (nSPS) is 13.5. The molecule has 1 saturated heterocycles. The lowest BCUT2D eigenvalue weighted by molar-refractivity contribution is -0.119. The number of nitrogens with one attached hydrogen (secondary N) is 1. The number of amides is 2. The average Bonchev–Trinajstić information content (AvgIpc) is 3.08. The summed E-state index contributed by atoms with van der Waals surface area (Å²) < 4.78 is 5.15. The minimum atomic E-state index is -0.651. The lowest BCUT2D eigenvalue weighted by atomic mass is 10.1. The lowest BCUT2D eigenvalue weighted by Gasteiger charge is -2.18. The second-order valence-corrected chi connectivity index (χ2v) is 7.62. The van der Waals surface area contributed by atoms with Crippen LogP contribution in [-0.2, 0) is 14.3 Å². The molecule has 0 aromatic heterocycles. The minimum Gasteiger partial charge on any atom is -0.452 e. The Bertz CT molecular complexity index is 964. The Morgan fingerprint density at radius 2 is 1.83 bits per heavy atom. The van der Waals surface area contributed by atoms with Gasteiger partial charge in [-0.05, 0) is 56.5 Å². The van der Waals surface area contributed by atoms with Crippen LogP contribution in [0.5, 0.6) is 0 Å². The standard InChI is InChI=1S/C22H23ClN2O4/c1-13-9-14(2)21(15(3)10-13)24-19(26)12-29-22(28)16-6-7-17(23)18(11-16)25-8-4-5-20(25)27/h6-7,9-11H,4-5,8,12H2,1-3H3,(H,24,26). The summed E-state index contributed by atoms with van der Waals surface area (Å²) in [5.74, 6) is -1.10. The second kappa shape index (κ2) is 8.66. The van der Waals surface area contributed by atoms with Gasteiger partial charge in [0, 0.05) is 18.7 Å². The molecule has 7 heteroatoms. The molecule has 6 nitrogen and oxygen atoms in total. The Labute approximate surface area is 174 Å². The van der Waals surface area contributed by atoms with Crippen molar-refractivity contribution >= 4 is 40.8 Å². The number of ether oxygens (including phenoxy) is 1. The zero-order valence-corrected chi connectivity index (χ0v) is 17.4. The molecule has 29 heavy (non-hydrogen) atoms. The summed E-state index contributed by atoms with van der Waals surface area (Å²) in [6, 6.07) is 8.55. The summed E-state index contributed by atoms with van der Waals surface area (Å²) in [7, 11) is 0. The summed E-state index contributed by atoms with van der Waals surface area (Å²) in [6.07, 6.45) is 1.21. The zero-order valence-electron chi connectivity index (χ0n) is 16.7. The van der Waals surface area contributed by atoms with E-state index in [-0.39, 0.29) is 11.5 Å². The molecule has 1 aliphatic rings. The smallest absolute Gasteiger partial charge is 0.338 e. The molecular weight excluding hydrogens is 392 g/mol. The van der Waals surface area contributed by atoms with Gasteiger partial charge in [0.2, 0.25) is 5.91 Å². The molecule has 2 amide bonds. The number of carbonyl (C=O) groups is 3. The molecule has 0 saturated carbocycles. The fraction of sp³-hybridized carbons (Fsp3) is 0.318. The van der Waals surface area contributed by atoms with E-state index >= 15 is 0 Å². The summed E-state index contributed by atoms with van der Waals surface area (Å²) in [4.78, 5) is 38.2. The molecule has 2 aromatic carbocycles. The van der Waals surface area contributed by atoms with Gasteiger partial charge in [0.05, 0.1) is 16.3 Å². The van der Waals surface area contributed by atoms with Crippen molar-refractivity contribution in [1.82, 2.24) is 0 Å². The molecular formula is C22H23ClN2O4. The Hall–Kier alpha value is -2.86. The van der Waals surface area contributed by atoms with E-state index in [1.54, 1.807) is 11.0 Å². The summed E-state index contributed by atoms with van der Waals surface area (Å²) >= 11 is 6.19. The fourth-order valence-corrected chi connectivity index (χ4v) is 3.74. The van der Waals surface area contributed by atoms with Crippen molar-refractivity contribution < 1.29 is 19.1 Å². The highest BCUT2D eigenvalue weighted by Crippen LogP contribution is 2.30. The summed E-state index contributed by atoms with van der Waals surface area (Å²) in [5.41, 5.74) is 4.44. The van der Waals surface area contributed by atoms with Gasteiger partial charge in [-0.3, -0.25) is 9.59 Å². The van der Waals surface area contributed by atoms with E-state index in [4.69, 9.17) is 16.3 Å². The summed E-state index contributed by atoms with van der Waals surface area (Å²) in [5, 5.41) is 3.18. The Morgan fingerprint density at radius 1 is 1.14 bits per heavy atom. The van der Waals surface area contributed by atoms with Crippen molar-refractivity contribution in [2.45, 2.75) is 33.6 Å². The average molecular weight is 415 g/mol. The highest BCUT2D eigenvalue weighted by molar-refractivity contribution is 6.34. The maximum Gasteiger partial charge on any atom is 0.338 e. The third-order valence-corrected chi connectivity index (χ3v) is 5.14. The molecule has 1 N–H and O–H groups in total. The number of anilines is 2. The van der Waals surface area contributed by atoms with E-state index in [1.807, 2.05) is 32.9 Å². The maximum atomic E-state index is 12.4. The van der Waals surface area contributed by atoms with Crippen LogP contribution in [0.15, 0.2) is 30.3 Å². The van der Waals surface area contributed by atoms with Gasteiger partial charge >= 0.3 is 5.97 Å². The van der Waals surface area contributed by atoms with Crippen LogP contribution in [0.4, 0.5) is 11.4 Å². The molecule has 0 aliphatic carbocycles. The van der Waals surface area contributed by atoms with Gasteiger partial charge in [-0.25, -0.2) is 4.79 Å². The van der Waals surface area contributed by atoms with Gasteiger partial charge in [-0.2, -0.15) is 0 Å². The number of halogens is 1. The minimum absolute atomic E-state index is 0.0272. The molecule has 3 rings (SSSR count). The predicted octanol–water partition coefficient (Wildman–Crippen LogP) is 4.19. The molecule has 0 radical (unpaired) electrons. The number of nitrogens with zero attached hydrogens (tertiary/aromatic N) is 1. The van der Waals surface area contributed by atoms with Crippen LogP contribution in [0.25, 0.3) is 0 Å². The van der Waals surface area contributed by atoms with Crippen LogP contribution in [-0.4, -0.2) is 30.9 Å². The van der Waals surface area contributed by atoms with Gasteiger partial charge in [0.25, 0.3) is 5.91 Å². The monoisotopic (exact) mass is 414 g/mol. The number of hydrogen-bond acceptors (Lipinski definition) is 4. The van der Waals surface area contributed by atoms with Crippen molar-refractivity contribution in [3.05, 3.63) is 57.6 Å². The highest BCUT2D eigenvalue weighted by atomic mass is 35.5. The molecule has 0 unspecified atom stereocenters. The van der Waals surface area contributed by atoms with E-state index in [9.17, 15) is 14.4 Å². The molecule has 152 valence electrons. The topological polar surface area (TPSA) is 75.7 Å². The lowest BCUT2D eigenvalue weighted by Crippen LogP contribution is -2.25. The molecule has 0 bridgehead atoms. The predicted molar refractivity (Wildman–Crippen MR) is 113 cm³/mol. The van der Waals surface area contributed by atoms with Crippen molar-refractivity contribution in [3.63, 3.8) is 0 Å². The Balaban J connectivity index is 1.65. The molecule has 1 heterocycles. The van der Waals surface area contributed by atoms with Crippen LogP contribution < -0.4 is 10.2 Å². The van der Waals surface area contributed by atoms with Crippen LogP contribution in [0, 0.1) is 20.8 Å². The van der Waals surface area contributed by atoms with E-state index in [0.29, 0.717) is 23.7 Å². The first-order chi connectivity index (χ1) is 13.8. The van der Waals surface area contributed by atoms with Gasteiger partial charge in [0.15, 0.2) is 6.61 Å². The first-order valence-corrected chi connectivity index (χ1v) is 9.79. The van der Waals surface area contributed by atoms with Gasteiger partial charge < -0.3 is 15.0 Å². The molecule has 0 spiro atoms. The summed E-state index contributed by atoms with van der Waals surface area (Å²) in [6.45, 7) is 5.97. The zero-order chi connectivity index (χ0) is 21.1. The maximum absolute atomic E-state index is 12.4. The molecule has 0 atom stereocenters. The van der Waals surface area contributed by atoms with E-state index in [0.717, 1.165) is 28.8 Å². The van der Waals surface area contributed by atoms with Crippen molar-refractivity contribution in [1.29, 1.82) is 0 Å². The van der Waals surface area contributed by atoms with Crippen molar-refractivity contribution in [2.75, 3.05) is 23.4 Å². The number of rotatable bonds is 5. The van der Waals surface area contributed by atoms with Gasteiger partial charge in [-0.1, -0.05) is 29.3 Å².